The van der Waals surface area contributed by atoms with Crippen molar-refractivity contribution in [1.29, 1.82) is 0 Å². The molecule has 0 saturated heterocycles. The lowest BCUT2D eigenvalue weighted by Crippen LogP contribution is -2.13. The van der Waals surface area contributed by atoms with Gasteiger partial charge in [-0.15, -0.1) is 0 Å². The van der Waals surface area contributed by atoms with Gasteiger partial charge in [0.15, 0.2) is 5.58 Å². The molecule has 0 aliphatic carbocycles. The Kier molecular flexibility index (Phi) is 3.46. The van der Waals surface area contributed by atoms with Crippen LogP contribution in [0, 0.1) is 6.92 Å². The molecule has 1 heterocycles. The average molecular weight is 339 g/mol. The second-order valence-corrected chi connectivity index (χ2v) is 6.86. The van der Waals surface area contributed by atoms with Crippen LogP contribution in [0.25, 0.3) is 11.1 Å². The highest BCUT2D eigenvalue weighted by Gasteiger charge is 2.17. The highest BCUT2D eigenvalue weighted by molar-refractivity contribution is 7.92. The Morgan fingerprint density at radius 1 is 1.18 bits per heavy atom. The van der Waals surface area contributed by atoms with Crippen LogP contribution in [0.3, 0.4) is 0 Å². The van der Waals surface area contributed by atoms with Crippen molar-refractivity contribution in [3.63, 3.8) is 0 Å². The number of anilines is 1. The van der Waals surface area contributed by atoms with Crippen molar-refractivity contribution in [2.75, 3.05) is 4.72 Å². The number of aryl methyl sites for hydroxylation is 1. The molecule has 8 heteroatoms. The molecule has 0 amide bonds. The van der Waals surface area contributed by atoms with Gasteiger partial charge < -0.3 is 4.42 Å². The molecule has 0 aliphatic heterocycles. The molecule has 0 aliphatic rings. The highest BCUT2D eigenvalue weighted by atomic mass is 35.5. The largest absolute Gasteiger partial charge is 0.417 e. The van der Waals surface area contributed by atoms with E-state index in [2.05, 4.69) is 9.71 Å². The van der Waals surface area contributed by atoms with E-state index >= 15 is 0 Å². The van der Waals surface area contributed by atoms with Gasteiger partial charge in [-0.25, -0.2) is 13.2 Å². The van der Waals surface area contributed by atoms with Crippen LogP contribution < -0.4 is 10.5 Å². The van der Waals surface area contributed by atoms with E-state index in [0.29, 0.717) is 27.4 Å². The van der Waals surface area contributed by atoms with Gasteiger partial charge in [0, 0.05) is 5.02 Å². The van der Waals surface area contributed by atoms with Gasteiger partial charge in [-0.3, -0.25) is 9.71 Å². The van der Waals surface area contributed by atoms with Crippen molar-refractivity contribution in [3.8, 4) is 0 Å². The van der Waals surface area contributed by atoms with E-state index in [1.165, 1.54) is 18.2 Å². The van der Waals surface area contributed by atoms with Gasteiger partial charge in [0.25, 0.3) is 10.0 Å². The predicted molar refractivity (Wildman–Crippen MR) is 83.8 cm³/mol. The molecule has 22 heavy (non-hydrogen) atoms. The van der Waals surface area contributed by atoms with E-state index in [0.717, 1.165) is 0 Å². The molecular weight excluding hydrogens is 328 g/mol. The van der Waals surface area contributed by atoms with E-state index in [9.17, 15) is 13.2 Å². The highest BCUT2D eigenvalue weighted by Crippen LogP contribution is 2.24. The van der Waals surface area contributed by atoms with Gasteiger partial charge in [0.2, 0.25) is 0 Å². The second kappa shape index (κ2) is 5.19. The first-order chi connectivity index (χ1) is 10.3. The minimum atomic E-state index is -3.79. The van der Waals surface area contributed by atoms with Crippen molar-refractivity contribution in [2.45, 2.75) is 11.8 Å². The maximum atomic E-state index is 12.4. The summed E-state index contributed by atoms with van der Waals surface area (Å²) in [5.41, 5.74) is 1.76. The maximum absolute atomic E-state index is 12.4. The number of rotatable bonds is 3. The molecule has 3 rings (SSSR count). The number of benzene rings is 2. The fourth-order valence-corrected chi connectivity index (χ4v) is 3.43. The Balaban J connectivity index is 2.01. The molecule has 6 nitrogen and oxygen atoms in total. The lowest BCUT2D eigenvalue weighted by atomic mass is 10.2. The second-order valence-electron chi connectivity index (χ2n) is 4.74. The van der Waals surface area contributed by atoms with E-state index < -0.39 is 15.8 Å². The normalized spacial score (nSPS) is 11.7. The number of halogens is 1. The van der Waals surface area contributed by atoms with Crippen LogP contribution in [0.15, 0.2) is 50.5 Å². The molecule has 114 valence electrons. The lowest BCUT2D eigenvalue weighted by Gasteiger charge is -2.10. The topological polar surface area (TPSA) is 92.2 Å². The van der Waals surface area contributed by atoms with E-state index in [4.69, 9.17) is 16.0 Å². The zero-order valence-corrected chi connectivity index (χ0v) is 13.0. The summed E-state index contributed by atoms with van der Waals surface area (Å²) in [6.45, 7) is 1.75. The number of aromatic nitrogens is 1. The van der Waals surface area contributed by atoms with Gasteiger partial charge in [0.05, 0.1) is 16.1 Å². The molecule has 2 N–H and O–H groups in total. The number of fused-ring (bicyclic) bond motifs is 1. The number of sulfonamides is 1. The molecule has 0 saturated carbocycles. The Morgan fingerprint density at radius 3 is 2.68 bits per heavy atom. The van der Waals surface area contributed by atoms with Crippen molar-refractivity contribution in [1.82, 2.24) is 4.98 Å². The number of aromatic amines is 1. The monoisotopic (exact) mass is 338 g/mol. The summed E-state index contributed by atoms with van der Waals surface area (Å²) in [6.07, 6.45) is 0. The summed E-state index contributed by atoms with van der Waals surface area (Å²) >= 11 is 5.85. The maximum Gasteiger partial charge on any atom is 0.417 e. The number of nitrogens with one attached hydrogen (secondary N) is 2. The third-order valence-electron chi connectivity index (χ3n) is 3.13. The van der Waals surface area contributed by atoms with Crippen molar-refractivity contribution in [3.05, 3.63) is 57.5 Å². The number of oxazole rings is 1. The average Bonchev–Trinajstić information content (AvgIpc) is 2.81. The van der Waals surface area contributed by atoms with Crippen LogP contribution in [0.2, 0.25) is 5.02 Å². The first-order valence-electron chi connectivity index (χ1n) is 6.27. The summed E-state index contributed by atoms with van der Waals surface area (Å²) in [6, 6.07) is 8.99. The third kappa shape index (κ3) is 2.72. The van der Waals surface area contributed by atoms with E-state index in [-0.39, 0.29) is 4.90 Å². The van der Waals surface area contributed by atoms with Crippen LogP contribution in [0.5, 0.6) is 0 Å². The van der Waals surface area contributed by atoms with Gasteiger partial charge in [-0.1, -0.05) is 11.6 Å². The Bertz CT molecular complexity index is 1020. The molecule has 2 aromatic carbocycles. The standard InChI is InChI=1S/C14H11ClN2O4S/c1-8-6-9(15)2-4-11(8)17-22(19,20)10-3-5-13-12(7-10)16-14(18)21-13/h2-7,17H,1H3,(H,16,18). The van der Waals surface area contributed by atoms with Crippen LogP contribution in [-0.4, -0.2) is 13.4 Å². The summed E-state index contributed by atoms with van der Waals surface area (Å²) in [4.78, 5) is 13.6. The predicted octanol–water partition coefficient (Wildman–Crippen LogP) is 2.88. The smallest absolute Gasteiger partial charge is 0.408 e. The first kappa shape index (κ1) is 14.7. The fourth-order valence-electron chi connectivity index (χ4n) is 2.04. The summed E-state index contributed by atoms with van der Waals surface area (Å²) in [5, 5.41) is 0.526. The first-order valence-corrected chi connectivity index (χ1v) is 8.13. The number of hydrogen-bond donors (Lipinski definition) is 2. The summed E-state index contributed by atoms with van der Waals surface area (Å²) in [7, 11) is -3.79. The third-order valence-corrected chi connectivity index (χ3v) is 4.73. The molecule has 0 atom stereocenters. The van der Waals surface area contributed by atoms with Crippen LogP contribution in [0.4, 0.5) is 5.69 Å². The van der Waals surface area contributed by atoms with Crippen LogP contribution in [-0.2, 0) is 10.0 Å². The van der Waals surface area contributed by atoms with Crippen molar-refractivity contribution >= 4 is 38.4 Å². The molecular formula is C14H11ClN2O4S. The Hall–Kier alpha value is -2.25. The summed E-state index contributed by atoms with van der Waals surface area (Å²) in [5.74, 6) is -0.633. The minimum absolute atomic E-state index is 0.0198. The minimum Gasteiger partial charge on any atom is -0.408 e. The molecule has 0 radical (unpaired) electrons. The fraction of sp³-hybridized carbons (Fsp3) is 0.0714. The van der Waals surface area contributed by atoms with Gasteiger partial charge in [-0.2, -0.15) is 0 Å². The number of hydrogen-bond acceptors (Lipinski definition) is 4. The number of H-pyrrole nitrogens is 1. The summed E-state index contributed by atoms with van der Waals surface area (Å²) < 4.78 is 32.2. The quantitative estimate of drug-likeness (QED) is 0.768. The van der Waals surface area contributed by atoms with E-state index in [1.807, 2.05) is 0 Å². The Labute approximate surface area is 130 Å². The lowest BCUT2D eigenvalue weighted by molar-refractivity contribution is 0.555. The molecule has 0 bridgehead atoms. The molecule has 3 aromatic rings. The molecule has 0 spiro atoms. The zero-order valence-electron chi connectivity index (χ0n) is 11.4. The van der Waals surface area contributed by atoms with E-state index in [1.54, 1.807) is 25.1 Å². The zero-order chi connectivity index (χ0) is 15.9. The van der Waals surface area contributed by atoms with Gasteiger partial charge in [-0.05, 0) is 48.9 Å². The van der Waals surface area contributed by atoms with Gasteiger partial charge in [0.1, 0.15) is 0 Å². The van der Waals surface area contributed by atoms with Crippen LogP contribution in [0.1, 0.15) is 5.56 Å². The molecule has 0 fully saturated rings. The van der Waals surface area contributed by atoms with Crippen molar-refractivity contribution in [2.24, 2.45) is 0 Å². The van der Waals surface area contributed by atoms with Gasteiger partial charge >= 0.3 is 5.76 Å². The molecule has 1 aromatic heterocycles. The SMILES string of the molecule is Cc1cc(Cl)ccc1NS(=O)(=O)c1ccc2oc(=O)[nH]c2c1. The van der Waals surface area contributed by atoms with Crippen LogP contribution >= 0.6 is 11.6 Å². The Morgan fingerprint density at radius 2 is 1.95 bits per heavy atom. The molecule has 0 unspecified atom stereocenters. The van der Waals surface area contributed by atoms with Crippen molar-refractivity contribution < 1.29 is 12.8 Å².